The topological polar surface area (TPSA) is 20.2 Å². The second-order valence-corrected chi connectivity index (χ2v) is 2.85. The van der Waals surface area contributed by atoms with Gasteiger partial charge in [-0.1, -0.05) is 60.5 Å². The normalized spacial score (nSPS) is 17.4. The number of hydrogen-bond acceptors (Lipinski definition) is 1. The molecule has 1 N–H and O–H groups in total. The molecule has 2 rings (SSSR count). The molecular formula is C13H12O. The van der Waals surface area contributed by atoms with E-state index in [4.69, 9.17) is 6.85 Å². The summed E-state index contributed by atoms with van der Waals surface area (Å²) in [4.78, 5) is 0. The second-order valence-electron chi connectivity index (χ2n) is 2.85. The first-order chi connectivity index (χ1) is 8.95. The van der Waals surface area contributed by atoms with Crippen molar-refractivity contribution in [3.05, 3.63) is 71.7 Å². The molecule has 0 saturated carbocycles. The van der Waals surface area contributed by atoms with Crippen LogP contribution in [0.15, 0.2) is 60.5 Å². The number of aliphatic hydroxyl groups excluding tert-OH is 1. The van der Waals surface area contributed by atoms with Crippen LogP contribution >= 0.6 is 0 Å². The highest BCUT2D eigenvalue weighted by atomic mass is 16.3. The van der Waals surface area contributed by atoms with E-state index in [1.807, 2.05) is 0 Å². The number of hydrogen-bond donors (Lipinski definition) is 1. The minimum Gasteiger partial charge on any atom is -0.384 e. The molecule has 0 amide bonds. The van der Waals surface area contributed by atoms with Gasteiger partial charge in [-0.2, -0.15) is 0 Å². The summed E-state index contributed by atoms with van der Waals surface area (Å²) >= 11 is 0. The zero-order valence-corrected chi connectivity index (χ0v) is 7.41. The van der Waals surface area contributed by atoms with E-state index >= 15 is 0 Å². The van der Waals surface area contributed by atoms with Crippen molar-refractivity contribution in [1.82, 2.24) is 0 Å². The van der Waals surface area contributed by atoms with Crippen molar-refractivity contribution in [2.24, 2.45) is 0 Å². The summed E-state index contributed by atoms with van der Waals surface area (Å²) < 4.78 is 38.2. The van der Waals surface area contributed by atoms with Crippen LogP contribution in [0.4, 0.5) is 0 Å². The first-order valence-corrected chi connectivity index (χ1v) is 4.25. The van der Waals surface area contributed by atoms with Crippen molar-refractivity contribution in [3.8, 4) is 0 Å². The molecule has 0 heterocycles. The Morgan fingerprint density at radius 3 is 2.21 bits per heavy atom. The van der Waals surface area contributed by atoms with E-state index in [0.717, 1.165) is 0 Å². The fraction of sp³-hybridized carbons (Fsp3) is 0.0769. The molecule has 1 nitrogen and oxygen atoms in total. The predicted octanol–water partition coefficient (Wildman–Crippen LogP) is 2.77. The highest BCUT2D eigenvalue weighted by Crippen LogP contribution is 2.20. The van der Waals surface area contributed by atoms with Crippen molar-refractivity contribution >= 4 is 0 Å². The molecule has 1 atom stereocenters. The minimum atomic E-state index is -1.24. The Balaban J connectivity index is 2.64. The molecule has 0 bridgehead atoms. The molecule has 2 aromatic carbocycles. The van der Waals surface area contributed by atoms with Gasteiger partial charge in [0.05, 0.1) is 6.85 Å². The average Bonchev–Trinajstić information content (AvgIpc) is 2.44. The van der Waals surface area contributed by atoms with E-state index in [2.05, 4.69) is 0 Å². The Kier molecular flexibility index (Phi) is 1.38. The fourth-order valence-electron chi connectivity index (χ4n) is 1.20. The van der Waals surface area contributed by atoms with Gasteiger partial charge in [0.2, 0.25) is 0 Å². The summed E-state index contributed by atoms with van der Waals surface area (Å²) in [5.41, 5.74) is 0.387. The van der Waals surface area contributed by atoms with E-state index < -0.39 is 24.2 Å². The summed E-state index contributed by atoms with van der Waals surface area (Å²) in [5, 5.41) is 10.2. The number of rotatable bonds is 2. The monoisotopic (exact) mass is 189 g/mol. The molecule has 0 aliphatic rings. The lowest BCUT2D eigenvalue weighted by Crippen LogP contribution is -1.98. The molecule has 14 heavy (non-hydrogen) atoms. The van der Waals surface area contributed by atoms with Gasteiger partial charge in [0, 0.05) is 0 Å². The van der Waals surface area contributed by atoms with Gasteiger partial charge in [-0.3, -0.25) is 0 Å². The van der Waals surface area contributed by atoms with Gasteiger partial charge >= 0.3 is 0 Å². The van der Waals surface area contributed by atoms with Gasteiger partial charge in [-0.25, -0.2) is 0 Å². The van der Waals surface area contributed by atoms with E-state index in [1.165, 1.54) is 0 Å². The third-order valence-electron chi connectivity index (χ3n) is 1.91. The molecule has 0 radical (unpaired) electrons. The van der Waals surface area contributed by atoms with Crippen LogP contribution in [0.5, 0.6) is 0 Å². The smallest absolute Gasteiger partial charge is 0.104 e. The molecule has 0 saturated heterocycles. The van der Waals surface area contributed by atoms with Crippen LogP contribution in [0.1, 0.15) is 24.1 Å². The Hall–Kier alpha value is -1.60. The molecular weight excluding hydrogens is 172 g/mol. The van der Waals surface area contributed by atoms with Crippen LogP contribution in [0, 0.1) is 0 Å². The lowest BCUT2D eigenvalue weighted by atomic mass is 10.0. The van der Waals surface area contributed by atoms with Crippen molar-refractivity contribution in [2.45, 2.75) is 6.10 Å². The molecule has 0 aliphatic heterocycles. The van der Waals surface area contributed by atoms with Gasteiger partial charge in [0.25, 0.3) is 0 Å². The molecule has 1 unspecified atom stereocenters. The van der Waals surface area contributed by atoms with Gasteiger partial charge < -0.3 is 5.11 Å². The van der Waals surface area contributed by atoms with E-state index in [1.54, 1.807) is 30.3 Å². The lowest BCUT2D eigenvalue weighted by Gasteiger charge is -2.10. The molecule has 0 spiro atoms. The Labute approximate surface area is 90.7 Å². The zero-order chi connectivity index (χ0) is 14.2. The van der Waals surface area contributed by atoms with Crippen molar-refractivity contribution < 1.29 is 12.0 Å². The van der Waals surface area contributed by atoms with Crippen LogP contribution in [0.2, 0.25) is 0 Å². The summed E-state index contributed by atoms with van der Waals surface area (Å²) in [5.74, 6) is 0. The van der Waals surface area contributed by atoms with Crippen LogP contribution in [-0.2, 0) is 0 Å². The van der Waals surface area contributed by atoms with Crippen LogP contribution in [0.3, 0.4) is 0 Å². The van der Waals surface area contributed by atoms with E-state index in [9.17, 15) is 5.11 Å². The maximum absolute atomic E-state index is 10.2. The molecule has 2 aromatic rings. The third kappa shape index (κ3) is 1.83. The Morgan fingerprint density at radius 1 is 0.929 bits per heavy atom. The SMILES string of the molecule is [2H]c1c([2H])c([2H])c(C(O)c2ccccc2)c([2H])c1[2H]. The average molecular weight is 189 g/mol. The van der Waals surface area contributed by atoms with Crippen LogP contribution < -0.4 is 0 Å². The first kappa shape index (κ1) is 4.76. The van der Waals surface area contributed by atoms with Gasteiger partial charge in [-0.05, 0) is 11.1 Å². The number of benzene rings is 2. The molecule has 0 fully saturated rings. The molecule has 1 heteroatoms. The van der Waals surface area contributed by atoms with Gasteiger partial charge in [-0.15, -0.1) is 0 Å². The zero-order valence-electron chi connectivity index (χ0n) is 12.4. The van der Waals surface area contributed by atoms with Crippen molar-refractivity contribution in [2.75, 3.05) is 0 Å². The summed E-state index contributed by atoms with van der Waals surface area (Å²) in [6.07, 6.45) is -1.24. The molecule has 0 aliphatic carbocycles. The lowest BCUT2D eigenvalue weighted by molar-refractivity contribution is 0.220. The Bertz CT molecular complexity index is 583. The highest BCUT2D eigenvalue weighted by Gasteiger charge is 2.07. The molecule has 0 aromatic heterocycles. The van der Waals surface area contributed by atoms with Crippen LogP contribution in [0.25, 0.3) is 0 Å². The third-order valence-corrected chi connectivity index (χ3v) is 1.91. The van der Waals surface area contributed by atoms with Gasteiger partial charge in [0.15, 0.2) is 0 Å². The van der Waals surface area contributed by atoms with Gasteiger partial charge in [0.1, 0.15) is 6.10 Å². The maximum atomic E-state index is 10.2. The van der Waals surface area contributed by atoms with Crippen molar-refractivity contribution in [1.29, 1.82) is 0 Å². The minimum absolute atomic E-state index is 0.0998. The first-order valence-electron chi connectivity index (χ1n) is 6.75. The largest absolute Gasteiger partial charge is 0.384 e. The van der Waals surface area contributed by atoms with E-state index in [-0.39, 0.29) is 17.6 Å². The summed E-state index contributed by atoms with van der Waals surface area (Å²) in [7, 11) is 0. The second kappa shape index (κ2) is 4.07. The fourth-order valence-corrected chi connectivity index (χ4v) is 1.20. The highest BCUT2D eigenvalue weighted by molar-refractivity contribution is 5.29. The summed E-state index contributed by atoms with van der Waals surface area (Å²) in [6.45, 7) is 0. The van der Waals surface area contributed by atoms with Crippen molar-refractivity contribution in [3.63, 3.8) is 0 Å². The van der Waals surface area contributed by atoms with Crippen LogP contribution in [-0.4, -0.2) is 5.11 Å². The quantitative estimate of drug-likeness (QED) is 0.770. The maximum Gasteiger partial charge on any atom is 0.104 e. The van der Waals surface area contributed by atoms with E-state index in [0.29, 0.717) is 5.56 Å². The standard InChI is InChI=1S/C13H12O/c14-13(11-7-3-1-4-8-11)12-9-5-2-6-10-12/h1-10,13-14H/i1D,3D,4D,7D,8D. The Morgan fingerprint density at radius 2 is 1.57 bits per heavy atom. The predicted molar refractivity (Wildman–Crippen MR) is 56.9 cm³/mol. The molecule has 70 valence electrons. The summed E-state index contributed by atoms with van der Waals surface area (Å²) in [6, 6.07) is 6.41. The number of aliphatic hydroxyl groups is 1.